The molecule has 2 rings (SSSR count). The number of carbonyl (C=O) groups is 2. The second kappa shape index (κ2) is 6.01. The van der Waals surface area contributed by atoms with Gasteiger partial charge in [0, 0.05) is 10.6 Å². The van der Waals surface area contributed by atoms with Crippen molar-refractivity contribution in [2.24, 2.45) is 0 Å². The number of carboxylic acid groups (broad SMARTS) is 1. The molecule has 1 amide bonds. The number of anilines is 1. The molecule has 0 aliphatic rings. The van der Waals surface area contributed by atoms with Crippen LogP contribution in [0.25, 0.3) is 0 Å². The summed E-state index contributed by atoms with van der Waals surface area (Å²) < 4.78 is 0. The van der Waals surface area contributed by atoms with Crippen LogP contribution in [-0.2, 0) is 9.59 Å². The third-order valence-corrected chi connectivity index (χ3v) is 2.96. The van der Waals surface area contributed by atoms with Crippen molar-refractivity contribution in [3.8, 4) is 0 Å². The Hall–Kier alpha value is -2.35. The number of nitrogens with zero attached hydrogens (tertiary/aromatic N) is 2. The fourth-order valence-electron chi connectivity index (χ4n) is 1.30. The molecular formula is C11H10N4O3S. The van der Waals surface area contributed by atoms with Crippen molar-refractivity contribution >= 4 is 29.3 Å². The van der Waals surface area contributed by atoms with Gasteiger partial charge < -0.3 is 10.4 Å². The van der Waals surface area contributed by atoms with Crippen molar-refractivity contribution in [3.05, 3.63) is 30.6 Å². The number of carboxylic acids is 1. The molecule has 19 heavy (non-hydrogen) atoms. The number of benzene rings is 1. The maximum atomic E-state index is 11.2. The fourth-order valence-corrected chi connectivity index (χ4v) is 2.00. The van der Waals surface area contributed by atoms with Gasteiger partial charge in [-0.25, -0.2) is 4.98 Å². The van der Waals surface area contributed by atoms with Gasteiger partial charge in [0.15, 0.2) is 5.16 Å². The number of hydrogen-bond acceptors (Lipinski definition) is 5. The molecule has 2 aromatic rings. The number of carbonyl (C=O) groups excluding carboxylic acids is 1. The minimum Gasteiger partial charge on any atom is -0.481 e. The lowest BCUT2D eigenvalue weighted by Gasteiger charge is -2.04. The Kier molecular flexibility index (Phi) is 4.14. The van der Waals surface area contributed by atoms with Crippen LogP contribution in [0.15, 0.2) is 40.6 Å². The minimum atomic E-state index is -1.16. The third-order valence-electron chi connectivity index (χ3n) is 2.06. The first kappa shape index (κ1) is 13.1. The molecule has 0 atom stereocenters. The predicted octanol–water partition coefficient (Wildman–Crippen LogP) is 1.37. The number of aromatic nitrogens is 3. The van der Waals surface area contributed by atoms with Gasteiger partial charge in [-0.2, -0.15) is 5.10 Å². The molecule has 3 N–H and O–H groups in total. The van der Waals surface area contributed by atoms with Gasteiger partial charge in [-0.3, -0.25) is 14.7 Å². The molecule has 0 unspecified atom stereocenters. The van der Waals surface area contributed by atoms with Crippen molar-refractivity contribution in [1.82, 2.24) is 15.2 Å². The van der Waals surface area contributed by atoms with Crippen LogP contribution in [0.3, 0.4) is 0 Å². The molecule has 1 aromatic carbocycles. The van der Waals surface area contributed by atoms with E-state index in [4.69, 9.17) is 5.11 Å². The van der Waals surface area contributed by atoms with E-state index in [2.05, 4.69) is 20.5 Å². The van der Waals surface area contributed by atoms with E-state index >= 15 is 0 Å². The summed E-state index contributed by atoms with van der Waals surface area (Å²) in [5.74, 6) is -1.71. The highest BCUT2D eigenvalue weighted by Crippen LogP contribution is 2.25. The molecule has 1 aromatic heterocycles. The molecule has 1 heterocycles. The number of H-pyrrole nitrogens is 1. The Bertz CT molecular complexity index is 568. The normalized spacial score (nSPS) is 10.1. The molecule has 7 nitrogen and oxygen atoms in total. The molecule has 0 radical (unpaired) electrons. The quantitative estimate of drug-likeness (QED) is 0.713. The van der Waals surface area contributed by atoms with Crippen LogP contribution in [0.4, 0.5) is 5.69 Å². The van der Waals surface area contributed by atoms with E-state index in [1.54, 1.807) is 24.3 Å². The molecular weight excluding hydrogens is 268 g/mol. The summed E-state index contributed by atoms with van der Waals surface area (Å²) in [6.07, 6.45) is 0.872. The van der Waals surface area contributed by atoms with Crippen LogP contribution in [0.2, 0.25) is 0 Å². The molecule has 0 spiro atoms. The lowest BCUT2D eigenvalue weighted by Crippen LogP contribution is -2.15. The summed E-state index contributed by atoms with van der Waals surface area (Å²) in [6.45, 7) is 0. The lowest BCUT2D eigenvalue weighted by molar-refractivity contribution is -0.139. The maximum Gasteiger partial charge on any atom is 0.312 e. The second-order valence-electron chi connectivity index (χ2n) is 3.54. The van der Waals surface area contributed by atoms with Gasteiger partial charge in [-0.15, -0.1) is 0 Å². The zero-order valence-corrected chi connectivity index (χ0v) is 10.5. The van der Waals surface area contributed by atoms with E-state index in [0.29, 0.717) is 10.8 Å². The van der Waals surface area contributed by atoms with Crippen molar-refractivity contribution in [1.29, 1.82) is 0 Å². The van der Waals surface area contributed by atoms with Gasteiger partial charge in [-0.1, -0.05) is 11.8 Å². The lowest BCUT2D eigenvalue weighted by atomic mass is 10.3. The Balaban J connectivity index is 1.94. The maximum absolute atomic E-state index is 11.2. The monoisotopic (exact) mass is 278 g/mol. The second-order valence-corrected chi connectivity index (χ2v) is 4.60. The van der Waals surface area contributed by atoms with E-state index in [9.17, 15) is 9.59 Å². The number of hydrogen-bond donors (Lipinski definition) is 3. The van der Waals surface area contributed by atoms with E-state index < -0.39 is 18.3 Å². The summed E-state index contributed by atoms with van der Waals surface area (Å²) in [4.78, 5) is 26.5. The van der Waals surface area contributed by atoms with Crippen LogP contribution in [0.5, 0.6) is 0 Å². The van der Waals surface area contributed by atoms with E-state index in [-0.39, 0.29) is 0 Å². The summed E-state index contributed by atoms with van der Waals surface area (Å²) in [7, 11) is 0. The SMILES string of the molecule is O=C(O)CC(=O)Nc1ccc(Sc2ncn[nH]2)cc1. The molecule has 0 saturated carbocycles. The van der Waals surface area contributed by atoms with Gasteiger partial charge >= 0.3 is 5.97 Å². The summed E-state index contributed by atoms with van der Waals surface area (Å²) in [6, 6.07) is 6.98. The molecule has 0 fully saturated rings. The number of amides is 1. The Morgan fingerprint density at radius 3 is 2.63 bits per heavy atom. The molecule has 0 aliphatic heterocycles. The smallest absolute Gasteiger partial charge is 0.312 e. The van der Waals surface area contributed by atoms with Gasteiger partial charge in [0.1, 0.15) is 12.7 Å². The number of aromatic amines is 1. The van der Waals surface area contributed by atoms with Crippen LogP contribution in [-0.4, -0.2) is 32.2 Å². The van der Waals surface area contributed by atoms with Crippen molar-refractivity contribution in [2.45, 2.75) is 16.5 Å². The number of rotatable bonds is 5. The number of nitrogens with one attached hydrogen (secondary N) is 2. The molecule has 0 saturated heterocycles. The van der Waals surface area contributed by atoms with Gasteiger partial charge in [0.05, 0.1) is 0 Å². The van der Waals surface area contributed by atoms with Gasteiger partial charge in [0.25, 0.3) is 0 Å². The first-order valence-electron chi connectivity index (χ1n) is 5.28. The summed E-state index contributed by atoms with van der Waals surface area (Å²) >= 11 is 1.40. The van der Waals surface area contributed by atoms with Crippen molar-refractivity contribution in [3.63, 3.8) is 0 Å². The molecule has 8 heteroatoms. The number of aliphatic carboxylic acids is 1. The van der Waals surface area contributed by atoms with Crippen LogP contribution >= 0.6 is 11.8 Å². The summed E-state index contributed by atoms with van der Waals surface area (Å²) in [5, 5.41) is 18.1. The molecule has 0 bridgehead atoms. The Morgan fingerprint density at radius 1 is 1.32 bits per heavy atom. The van der Waals surface area contributed by atoms with E-state index in [1.807, 2.05) is 0 Å². The topological polar surface area (TPSA) is 108 Å². The van der Waals surface area contributed by atoms with E-state index in [0.717, 1.165) is 4.90 Å². The third kappa shape index (κ3) is 4.11. The largest absolute Gasteiger partial charge is 0.481 e. The van der Waals surface area contributed by atoms with Gasteiger partial charge in [-0.05, 0) is 24.3 Å². The fraction of sp³-hybridized carbons (Fsp3) is 0.0909. The van der Waals surface area contributed by atoms with Crippen molar-refractivity contribution < 1.29 is 14.7 Å². The zero-order chi connectivity index (χ0) is 13.7. The average Bonchev–Trinajstić information content (AvgIpc) is 2.83. The van der Waals surface area contributed by atoms with Crippen LogP contribution in [0.1, 0.15) is 6.42 Å². The highest BCUT2D eigenvalue weighted by Gasteiger charge is 2.07. The average molecular weight is 278 g/mol. The van der Waals surface area contributed by atoms with Gasteiger partial charge in [0.2, 0.25) is 5.91 Å². The zero-order valence-electron chi connectivity index (χ0n) is 9.66. The first-order chi connectivity index (χ1) is 9.13. The highest BCUT2D eigenvalue weighted by molar-refractivity contribution is 7.99. The van der Waals surface area contributed by atoms with E-state index in [1.165, 1.54) is 18.1 Å². The standard InChI is InChI=1S/C11H10N4O3S/c16-9(5-10(17)18)14-7-1-3-8(4-2-7)19-11-12-6-13-15-11/h1-4,6H,5H2,(H,14,16)(H,17,18)(H,12,13,15). The Morgan fingerprint density at radius 2 is 2.05 bits per heavy atom. The van der Waals surface area contributed by atoms with Crippen LogP contribution < -0.4 is 5.32 Å². The first-order valence-corrected chi connectivity index (χ1v) is 6.10. The van der Waals surface area contributed by atoms with Crippen LogP contribution in [0, 0.1) is 0 Å². The summed E-state index contributed by atoms with van der Waals surface area (Å²) in [5.41, 5.74) is 0.549. The predicted molar refractivity (Wildman–Crippen MR) is 67.8 cm³/mol. The molecule has 98 valence electrons. The Labute approximate surface area is 112 Å². The highest BCUT2D eigenvalue weighted by atomic mass is 32.2. The molecule has 0 aliphatic carbocycles. The minimum absolute atomic E-state index is 0.547. The van der Waals surface area contributed by atoms with Crippen molar-refractivity contribution in [2.75, 3.05) is 5.32 Å².